The molecular formula is C48H32N2S. The lowest BCUT2D eigenvalue weighted by molar-refractivity contribution is 1.18. The second-order valence-electron chi connectivity index (χ2n) is 10.5. The summed E-state index contributed by atoms with van der Waals surface area (Å²) in [6.07, 6.45) is 0. The Bertz CT molecular complexity index is 4550. The Labute approximate surface area is 345 Å². The molecule has 0 unspecified atom stereocenters. The minimum atomic E-state index is -1.24. The van der Waals surface area contributed by atoms with Gasteiger partial charge in [0.05, 0.1) is 60.6 Å². The van der Waals surface area contributed by atoms with E-state index in [0.717, 1.165) is 0 Å². The van der Waals surface area contributed by atoms with Gasteiger partial charge in [0.25, 0.3) is 0 Å². The molecule has 2 aromatic heterocycles. The summed E-state index contributed by atoms with van der Waals surface area (Å²) in [6.45, 7) is 0. The van der Waals surface area contributed by atoms with Crippen molar-refractivity contribution in [2.75, 3.05) is 4.90 Å². The van der Waals surface area contributed by atoms with E-state index in [-0.39, 0.29) is 0 Å². The van der Waals surface area contributed by atoms with Gasteiger partial charge in [0.15, 0.2) is 0 Å². The van der Waals surface area contributed by atoms with Gasteiger partial charge in [0.1, 0.15) is 0 Å². The van der Waals surface area contributed by atoms with Gasteiger partial charge in [-0.15, -0.1) is 11.3 Å². The Morgan fingerprint density at radius 3 is 1.75 bits per heavy atom. The average Bonchev–Trinajstić information content (AvgIpc) is 1.73. The number of hydrogen-bond acceptors (Lipinski definition) is 2. The fraction of sp³-hybridized carbons (Fsp3) is 0. The molecule has 0 aliphatic carbocycles. The van der Waals surface area contributed by atoms with Crippen LogP contribution in [0.2, 0.25) is 0 Å². The number of aromatic nitrogens is 1. The van der Waals surface area contributed by atoms with E-state index in [9.17, 15) is 17.8 Å². The monoisotopic (exact) mass is 700 g/mol. The van der Waals surface area contributed by atoms with E-state index in [0.29, 0.717) is 20.8 Å². The number of hydrogen-bond donors (Lipinski definition) is 0. The SMILES string of the molecule is [2H]c1c([2H])c([2H])c(-c2c([2H])c([2H])c(N(c3c([2H])c([2H])c([2H])c([2H])c3[2H])c3c([2H])c([2H])c(-c4c([2H])c([2H])c([2H])c(-n5c6c([2H])c([2H])c([2H])c([2H])c6c6c([2H])c([2H])c([2H])c([2H])c65)c4[2H])c4sc5c([2H])c([2H])c([2H])c([2H])c5c34)c([2H])c2[2H])c([2H])c1[2H]. The van der Waals surface area contributed by atoms with Crippen LogP contribution >= 0.6 is 11.3 Å². The maximum atomic E-state index is 10.0. The quantitative estimate of drug-likeness (QED) is 0.168. The van der Waals surface area contributed by atoms with E-state index in [4.69, 9.17) is 26.0 Å². The molecule has 0 spiro atoms. The summed E-state index contributed by atoms with van der Waals surface area (Å²) in [5, 5.41) is -2.29. The lowest BCUT2D eigenvalue weighted by Crippen LogP contribution is -2.10. The highest BCUT2D eigenvalue weighted by Crippen LogP contribution is 2.48. The molecule has 0 saturated carbocycles. The van der Waals surface area contributed by atoms with E-state index < -0.39 is 280 Å². The van der Waals surface area contributed by atoms with Crippen LogP contribution in [0, 0.1) is 0 Å². The number of para-hydroxylation sites is 3. The highest BCUT2D eigenvalue weighted by Gasteiger charge is 2.21. The molecule has 0 aliphatic heterocycles. The van der Waals surface area contributed by atoms with Crippen LogP contribution in [0.4, 0.5) is 17.1 Å². The minimum Gasteiger partial charge on any atom is -0.310 e. The Balaban J connectivity index is 1.46. The van der Waals surface area contributed by atoms with Crippen molar-refractivity contribution in [2.24, 2.45) is 0 Å². The third-order valence-electron chi connectivity index (χ3n) is 7.74. The first-order valence-corrected chi connectivity index (χ1v) is 15.6. The van der Waals surface area contributed by atoms with Gasteiger partial charge >= 0.3 is 0 Å². The van der Waals surface area contributed by atoms with Crippen LogP contribution in [0.15, 0.2) is 193 Å². The summed E-state index contributed by atoms with van der Waals surface area (Å²) >= 11 is 0.401. The number of nitrogens with zero attached hydrogens (tertiary/aromatic N) is 2. The minimum absolute atomic E-state index is 0.401. The molecule has 2 nitrogen and oxygen atoms in total. The van der Waals surface area contributed by atoms with E-state index in [1.54, 1.807) is 0 Å². The van der Waals surface area contributed by atoms with Crippen molar-refractivity contribution in [3.05, 3.63) is 193 Å². The first-order valence-electron chi connectivity index (χ1n) is 30.7. The van der Waals surface area contributed by atoms with Gasteiger partial charge in [-0.1, -0.05) is 133 Å². The number of thiophene rings is 1. The first kappa shape index (κ1) is 11.6. The topological polar surface area (TPSA) is 8.17 Å². The molecule has 3 heteroatoms. The van der Waals surface area contributed by atoms with Crippen LogP contribution in [-0.2, 0) is 0 Å². The van der Waals surface area contributed by atoms with Crippen molar-refractivity contribution in [2.45, 2.75) is 0 Å². The molecule has 0 bridgehead atoms. The third-order valence-corrected chi connectivity index (χ3v) is 8.86. The van der Waals surface area contributed by atoms with Gasteiger partial charge in [0, 0.05) is 48.0 Å². The zero-order chi connectivity index (χ0) is 61.6. The van der Waals surface area contributed by atoms with Gasteiger partial charge < -0.3 is 9.47 Å². The lowest BCUT2D eigenvalue weighted by Gasteiger charge is -2.27. The van der Waals surface area contributed by atoms with Gasteiger partial charge in [0.2, 0.25) is 0 Å². The zero-order valence-corrected chi connectivity index (χ0v) is 26.1. The van der Waals surface area contributed by atoms with Crippen molar-refractivity contribution >= 4 is 70.4 Å². The Morgan fingerprint density at radius 1 is 0.451 bits per heavy atom. The van der Waals surface area contributed by atoms with Crippen molar-refractivity contribution in [1.29, 1.82) is 0 Å². The van der Waals surface area contributed by atoms with E-state index in [2.05, 4.69) is 0 Å². The summed E-state index contributed by atoms with van der Waals surface area (Å²) < 4.78 is 288. The molecule has 2 heterocycles. The number of benzene rings is 8. The maximum absolute atomic E-state index is 10.0. The smallest absolute Gasteiger partial charge is 0.0651 e. The normalized spacial score (nSPS) is 20.3. The van der Waals surface area contributed by atoms with E-state index in [1.165, 1.54) is 0 Å². The highest BCUT2D eigenvalue weighted by molar-refractivity contribution is 7.26. The first-order chi connectivity index (χ1) is 38.6. The third kappa shape index (κ3) is 4.93. The molecule has 0 atom stereocenters. The summed E-state index contributed by atoms with van der Waals surface area (Å²) in [4.78, 5) is 0.447. The number of fused-ring (bicyclic) bond motifs is 6. The fourth-order valence-corrected chi connectivity index (χ4v) is 6.75. The van der Waals surface area contributed by atoms with Gasteiger partial charge in [-0.05, 0) is 82.7 Å². The lowest BCUT2D eigenvalue weighted by atomic mass is 9.99. The standard InChI is InChI=1S/C48H32N2S/c1-3-14-33(15-4-1)34-26-28-37(29-27-34)49(36-17-5-2-6-18-36)45-31-30-39(48-47(45)42-22-9-12-25-46(42)51-48)35-16-13-19-38(32-35)50-43-23-10-7-20-40(43)41-21-8-11-24-44(41)50/h1-32H/i1D,2D,3D,4D,5D,6D,7D,8D,9D,10D,11D,12D,13D,14D,15D,16D,17D,18D,19D,20D,21D,22D,23D,24D,25D,26D,27D,28D,29D,30D,31D,32D. The number of anilines is 3. The van der Waals surface area contributed by atoms with Crippen molar-refractivity contribution in [3.63, 3.8) is 0 Å². The molecule has 8 aromatic carbocycles. The van der Waals surface area contributed by atoms with Crippen molar-refractivity contribution in [1.82, 2.24) is 4.57 Å². The van der Waals surface area contributed by atoms with E-state index in [1.807, 2.05) is 0 Å². The molecule has 0 N–H and O–H groups in total. The molecular weight excluding hydrogens is 637 g/mol. The molecule has 0 radical (unpaired) electrons. The second kappa shape index (κ2) is 12.2. The summed E-state index contributed by atoms with van der Waals surface area (Å²) in [5.41, 5.74) is -8.62. The Kier molecular flexibility index (Phi) is 2.76. The summed E-state index contributed by atoms with van der Waals surface area (Å²) in [7, 11) is 0. The fourth-order valence-electron chi connectivity index (χ4n) is 5.63. The summed E-state index contributed by atoms with van der Waals surface area (Å²) in [6, 6.07) is -32.2. The van der Waals surface area contributed by atoms with Crippen LogP contribution in [0.25, 0.3) is 69.9 Å². The molecule has 10 rings (SSSR count). The van der Waals surface area contributed by atoms with Crippen LogP contribution in [0.1, 0.15) is 43.9 Å². The maximum Gasteiger partial charge on any atom is 0.0651 e. The second-order valence-corrected chi connectivity index (χ2v) is 11.5. The highest BCUT2D eigenvalue weighted by atomic mass is 32.1. The zero-order valence-electron chi connectivity index (χ0n) is 57.3. The molecule has 240 valence electrons. The van der Waals surface area contributed by atoms with E-state index >= 15 is 0 Å². The van der Waals surface area contributed by atoms with Gasteiger partial charge in [-0.25, -0.2) is 0 Å². The molecule has 0 amide bonds. The van der Waals surface area contributed by atoms with Crippen LogP contribution in [0.5, 0.6) is 0 Å². The van der Waals surface area contributed by atoms with Crippen molar-refractivity contribution in [3.8, 4) is 27.9 Å². The number of rotatable bonds is 6. The van der Waals surface area contributed by atoms with Crippen LogP contribution in [-0.4, -0.2) is 4.57 Å². The van der Waals surface area contributed by atoms with Gasteiger partial charge in [-0.2, -0.15) is 0 Å². The molecule has 10 aromatic rings. The average molecular weight is 701 g/mol. The van der Waals surface area contributed by atoms with Crippen molar-refractivity contribution < 1.29 is 43.9 Å². The van der Waals surface area contributed by atoms with Crippen LogP contribution in [0.3, 0.4) is 0 Å². The predicted molar refractivity (Wildman–Crippen MR) is 219 cm³/mol. The summed E-state index contributed by atoms with van der Waals surface area (Å²) in [5.74, 6) is 0. The molecule has 0 saturated heterocycles. The Morgan fingerprint density at radius 2 is 1.02 bits per heavy atom. The Hall–Kier alpha value is -6.42. The molecule has 51 heavy (non-hydrogen) atoms. The predicted octanol–water partition coefficient (Wildman–Crippen LogP) is 14.0. The van der Waals surface area contributed by atoms with Crippen LogP contribution < -0.4 is 4.90 Å². The van der Waals surface area contributed by atoms with Gasteiger partial charge in [-0.3, -0.25) is 0 Å². The molecule has 0 aliphatic rings. The molecule has 0 fully saturated rings. The largest absolute Gasteiger partial charge is 0.310 e.